The molecule has 0 amide bonds. The average Bonchev–Trinajstić information content (AvgIpc) is 3.75. The minimum Gasteiger partial charge on any atom is -0.309 e. The first-order valence-electron chi connectivity index (χ1n) is 18.9. The van der Waals surface area contributed by atoms with Gasteiger partial charge in [0.15, 0.2) is 11.6 Å². The number of hydrogen-bond donors (Lipinski definition) is 0. The van der Waals surface area contributed by atoms with Crippen LogP contribution in [0.3, 0.4) is 0 Å². The molecule has 5 nitrogen and oxygen atoms in total. The number of fused-ring (bicyclic) bond motifs is 6. The molecular formula is C45H29N5. The van der Waals surface area contributed by atoms with Crippen molar-refractivity contribution in [2.75, 3.05) is 0 Å². The predicted molar refractivity (Wildman–Crippen MR) is 205 cm³/mol. The van der Waals surface area contributed by atoms with Gasteiger partial charge >= 0.3 is 0 Å². The summed E-state index contributed by atoms with van der Waals surface area (Å²) in [5.74, 6) is 1.67. The topological polar surface area (TPSA) is 48.5 Å². The molecule has 0 saturated heterocycles. The Kier molecular flexibility index (Phi) is 5.35. The Bertz CT molecular complexity index is 3070. The van der Waals surface area contributed by atoms with E-state index in [4.69, 9.17) is 21.8 Å². The summed E-state index contributed by atoms with van der Waals surface area (Å²) in [7, 11) is 0. The molecule has 0 unspecified atom stereocenters. The van der Waals surface area contributed by atoms with Gasteiger partial charge in [-0.3, -0.25) is 4.57 Å². The maximum absolute atomic E-state index is 8.83. The van der Waals surface area contributed by atoms with Crippen molar-refractivity contribution in [1.82, 2.24) is 24.1 Å². The minimum absolute atomic E-state index is 0.120. The standard InChI is InChI=1S/C45H29N5/c1-4-15-30(16-5-1)43-46-44(31-17-6-2-7-18-31)48-45(47-43)50-38-24-12-10-21-35(38)37-29-32(27-28-40(37)50)34-23-14-26-41-42(34)36-22-11-13-25-39(36)49(41)33-19-8-3-9-20-33/h1-29H/i3D,8D,9D,19D,20D. The van der Waals surface area contributed by atoms with E-state index in [1.54, 1.807) is 4.57 Å². The summed E-state index contributed by atoms with van der Waals surface area (Å²) in [6, 6.07) is 46.6. The summed E-state index contributed by atoms with van der Waals surface area (Å²) >= 11 is 0. The van der Waals surface area contributed by atoms with Gasteiger partial charge in [-0.25, -0.2) is 4.98 Å². The molecule has 50 heavy (non-hydrogen) atoms. The zero-order chi connectivity index (χ0) is 37.4. The summed E-state index contributed by atoms with van der Waals surface area (Å²) in [6.07, 6.45) is 0. The van der Waals surface area contributed by atoms with E-state index >= 15 is 0 Å². The van der Waals surface area contributed by atoms with Crippen LogP contribution in [0, 0.1) is 0 Å². The Morgan fingerprint density at radius 2 is 1.00 bits per heavy atom. The number of benzene rings is 7. The number of rotatable bonds is 5. The van der Waals surface area contributed by atoms with Gasteiger partial charge in [0.2, 0.25) is 5.95 Å². The number of hydrogen-bond acceptors (Lipinski definition) is 3. The van der Waals surface area contributed by atoms with Crippen molar-refractivity contribution in [3.05, 3.63) is 176 Å². The van der Waals surface area contributed by atoms with Crippen LogP contribution in [0.25, 0.3) is 89.2 Å². The molecule has 0 saturated carbocycles. The average molecular weight is 645 g/mol. The van der Waals surface area contributed by atoms with Crippen LogP contribution < -0.4 is 0 Å². The first-order valence-corrected chi connectivity index (χ1v) is 16.4. The molecule has 10 aromatic rings. The molecule has 3 heterocycles. The maximum atomic E-state index is 8.83. The molecule has 7 aromatic carbocycles. The van der Waals surface area contributed by atoms with Crippen molar-refractivity contribution in [2.45, 2.75) is 0 Å². The van der Waals surface area contributed by atoms with E-state index in [2.05, 4.69) is 41.0 Å². The molecule has 0 N–H and O–H groups in total. The zero-order valence-electron chi connectivity index (χ0n) is 31.6. The third-order valence-corrected chi connectivity index (χ3v) is 9.28. The van der Waals surface area contributed by atoms with E-state index < -0.39 is 6.04 Å². The molecule has 0 radical (unpaired) electrons. The van der Waals surface area contributed by atoms with Gasteiger partial charge in [-0.1, -0.05) is 133 Å². The second kappa shape index (κ2) is 11.4. The maximum Gasteiger partial charge on any atom is 0.238 e. The predicted octanol–water partition coefficient (Wildman–Crippen LogP) is 11.1. The largest absolute Gasteiger partial charge is 0.309 e. The van der Waals surface area contributed by atoms with Crippen molar-refractivity contribution < 1.29 is 6.85 Å². The molecule has 234 valence electrons. The summed E-state index contributed by atoms with van der Waals surface area (Å²) in [6.45, 7) is 0. The van der Waals surface area contributed by atoms with Crippen molar-refractivity contribution in [3.63, 3.8) is 0 Å². The lowest BCUT2D eigenvalue weighted by molar-refractivity contribution is 0.953. The normalized spacial score (nSPS) is 13.0. The third-order valence-electron chi connectivity index (χ3n) is 9.28. The fraction of sp³-hybridized carbons (Fsp3) is 0. The molecule has 0 aliphatic heterocycles. The van der Waals surface area contributed by atoms with Crippen LogP contribution in [0.4, 0.5) is 0 Å². The van der Waals surface area contributed by atoms with Crippen LogP contribution in [0.5, 0.6) is 0 Å². The first-order chi connectivity index (χ1) is 26.9. The Hall–Kier alpha value is -6.85. The molecular weight excluding hydrogens is 611 g/mol. The van der Waals surface area contributed by atoms with Crippen LogP contribution in [-0.4, -0.2) is 24.1 Å². The van der Waals surface area contributed by atoms with Crippen LogP contribution in [-0.2, 0) is 0 Å². The Balaban J connectivity index is 1.22. The highest BCUT2D eigenvalue weighted by Crippen LogP contribution is 2.41. The minimum atomic E-state index is -0.419. The summed E-state index contributed by atoms with van der Waals surface area (Å²) in [5, 5.41) is 3.89. The Morgan fingerprint density at radius 3 is 1.70 bits per heavy atom. The van der Waals surface area contributed by atoms with Gasteiger partial charge in [0.05, 0.1) is 28.9 Å². The highest BCUT2D eigenvalue weighted by molar-refractivity contribution is 6.17. The van der Waals surface area contributed by atoms with Crippen molar-refractivity contribution >= 4 is 43.6 Å². The molecule has 0 spiro atoms. The molecule has 0 aliphatic carbocycles. The van der Waals surface area contributed by atoms with Crippen LogP contribution in [0.2, 0.25) is 0 Å². The lowest BCUT2D eigenvalue weighted by Crippen LogP contribution is -2.06. The van der Waals surface area contributed by atoms with Gasteiger partial charge in [-0.15, -0.1) is 0 Å². The van der Waals surface area contributed by atoms with Crippen molar-refractivity contribution in [2.24, 2.45) is 0 Å². The van der Waals surface area contributed by atoms with E-state index in [0.717, 1.165) is 65.9 Å². The van der Waals surface area contributed by atoms with Gasteiger partial charge < -0.3 is 4.57 Å². The van der Waals surface area contributed by atoms with E-state index in [1.807, 2.05) is 109 Å². The summed E-state index contributed by atoms with van der Waals surface area (Å²) in [4.78, 5) is 15.0. The number of para-hydroxylation sites is 3. The van der Waals surface area contributed by atoms with Gasteiger partial charge in [-0.2, -0.15) is 9.97 Å². The lowest BCUT2D eigenvalue weighted by atomic mass is 9.98. The van der Waals surface area contributed by atoms with Gasteiger partial charge in [0, 0.05) is 38.4 Å². The summed E-state index contributed by atoms with van der Waals surface area (Å²) in [5.41, 5.74) is 7.20. The van der Waals surface area contributed by atoms with Crippen LogP contribution >= 0.6 is 0 Å². The number of nitrogens with zero attached hydrogens (tertiary/aromatic N) is 5. The van der Waals surface area contributed by atoms with E-state index in [9.17, 15) is 0 Å². The third kappa shape index (κ3) is 4.45. The molecule has 10 rings (SSSR count). The lowest BCUT2D eigenvalue weighted by Gasteiger charge is -2.11. The SMILES string of the molecule is [2H]c1c([2H])c([2H])c(-n2c3ccccc3c3c(-c4ccc5c(c4)c4ccccc4n5-c4nc(-c5ccccc5)nc(-c5ccccc5)n4)cccc32)c([2H])c1[2H]. The Morgan fingerprint density at radius 1 is 0.420 bits per heavy atom. The van der Waals surface area contributed by atoms with Gasteiger partial charge in [0.1, 0.15) is 0 Å². The van der Waals surface area contributed by atoms with Crippen LogP contribution in [0.1, 0.15) is 6.85 Å². The first kappa shape index (κ1) is 23.5. The summed E-state index contributed by atoms with van der Waals surface area (Å²) < 4.78 is 46.6. The second-order valence-electron chi connectivity index (χ2n) is 12.1. The molecule has 0 fully saturated rings. The molecule has 0 bridgehead atoms. The van der Waals surface area contributed by atoms with Gasteiger partial charge in [0.25, 0.3) is 0 Å². The van der Waals surface area contributed by atoms with Gasteiger partial charge in [-0.05, 0) is 53.5 Å². The highest BCUT2D eigenvalue weighted by Gasteiger charge is 2.20. The fourth-order valence-electron chi connectivity index (χ4n) is 7.11. The number of aromatic nitrogens is 5. The Labute approximate surface area is 295 Å². The molecule has 3 aromatic heterocycles. The quantitative estimate of drug-likeness (QED) is 0.187. The fourth-order valence-corrected chi connectivity index (χ4v) is 7.11. The van der Waals surface area contributed by atoms with Crippen molar-refractivity contribution in [1.29, 1.82) is 0 Å². The monoisotopic (exact) mass is 644 g/mol. The van der Waals surface area contributed by atoms with E-state index in [-0.39, 0.29) is 29.9 Å². The smallest absolute Gasteiger partial charge is 0.238 e. The van der Waals surface area contributed by atoms with E-state index in [0.29, 0.717) is 17.6 Å². The van der Waals surface area contributed by atoms with Crippen LogP contribution in [0.15, 0.2) is 176 Å². The molecule has 5 heteroatoms. The van der Waals surface area contributed by atoms with Crippen molar-refractivity contribution in [3.8, 4) is 45.5 Å². The van der Waals surface area contributed by atoms with E-state index in [1.165, 1.54) is 0 Å². The highest BCUT2D eigenvalue weighted by atomic mass is 15.2. The zero-order valence-corrected chi connectivity index (χ0v) is 26.6. The molecule has 0 aliphatic rings. The second-order valence-corrected chi connectivity index (χ2v) is 12.1. The molecule has 0 atom stereocenters.